The average Bonchev–Trinajstić information content (AvgIpc) is 2.56. The van der Waals surface area contributed by atoms with Crippen LogP contribution in [0.15, 0.2) is 21.1 Å². The standard InChI is InChI=1S/C14H14Br2N2.ClH/c15-8-6-10-13(17)9-4-2-1-3-5-12(9)18-14(10)11(16)7-8;/h6-7H,1-5H2,(H2,17,18);1H. The van der Waals surface area contributed by atoms with E-state index in [0.717, 1.165) is 38.4 Å². The number of benzene rings is 1. The predicted octanol–water partition coefficient (Wildman–Crippen LogP) is 5.03. The number of aromatic nitrogens is 1. The van der Waals surface area contributed by atoms with Gasteiger partial charge in [0.1, 0.15) is 0 Å². The molecule has 0 fully saturated rings. The quantitative estimate of drug-likeness (QED) is 0.623. The highest BCUT2D eigenvalue weighted by Crippen LogP contribution is 2.35. The van der Waals surface area contributed by atoms with E-state index in [1.807, 2.05) is 6.07 Å². The Kier molecular flexibility index (Phi) is 4.75. The molecule has 5 heteroatoms. The number of nitrogen functional groups attached to an aromatic ring is 1. The van der Waals surface area contributed by atoms with Crippen molar-refractivity contribution in [3.8, 4) is 0 Å². The first-order valence-electron chi connectivity index (χ1n) is 6.23. The van der Waals surface area contributed by atoms with Crippen molar-refractivity contribution < 1.29 is 0 Å². The molecule has 1 aliphatic rings. The molecule has 0 aliphatic heterocycles. The second-order valence-electron chi connectivity index (χ2n) is 4.80. The van der Waals surface area contributed by atoms with Gasteiger partial charge in [0.05, 0.1) is 5.52 Å². The maximum absolute atomic E-state index is 6.37. The molecule has 0 amide bonds. The van der Waals surface area contributed by atoms with Crippen molar-refractivity contribution in [3.05, 3.63) is 32.3 Å². The Morgan fingerprint density at radius 3 is 2.58 bits per heavy atom. The summed E-state index contributed by atoms with van der Waals surface area (Å²) in [6.07, 6.45) is 5.84. The van der Waals surface area contributed by atoms with Crippen LogP contribution in [-0.2, 0) is 12.8 Å². The smallest absolute Gasteiger partial charge is 0.0868 e. The highest BCUT2D eigenvalue weighted by Gasteiger charge is 2.16. The first-order valence-corrected chi connectivity index (χ1v) is 7.81. The van der Waals surface area contributed by atoms with Crippen LogP contribution in [0.2, 0.25) is 0 Å². The highest BCUT2D eigenvalue weighted by molar-refractivity contribution is 9.11. The van der Waals surface area contributed by atoms with E-state index in [1.54, 1.807) is 0 Å². The van der Waals surface area contributed by atoms with Crippen LogP contribution >= 0.6 is 44.3 Å². The third-order valence-electron chi connectivity index (χ3n) is 3.58. The number of anilines is 1. The summed E-state index contributed by atoms with van der Waals surface area (Å²) >= 11 is 7.10. The predicted molar refractivity (Wildman–Crippen MR) is 90.1 cm³/mol. The van der Waals surface area contributed by atoms with E-state index in [2.05, 4.69) is 37.9 Å². The maximum atomic E-state index is 6.37. The molecule has 1 heterocycles. The fourth-order valence-electron chi connectivity index (χ4n) is 2.66. The summed E-state index contributed by atoms with van der Waals surface area (Å²) in [5.74, 6) is 0. The minimum atomic E-state index is 0. The van der Waals surface area contributed by atoms with E-state index in [-0.39, 0.29) is 12.4 Å². The van der Waals surface area contributed by atoms with Crippen LogP contribution in [0.5, 0.6) is 0 Å². The van der Waals surface area contributed by atoms with Crippen molar-refractivity contribution in [1.82, 2.24) is 4.98 Å². The molecule has 0 bridgehead atoms. The van der Waals surface area contributed by atoms with E-state index in [9.17, 15) is 0 Å². The lowest BCUT2D eigenvalue weighted by atomic mass is 10.0. The molecule has 0 radical (unpaired) electrons. The zero-order valence-corrected chi connectivity index (χ0v) is 14.4. The second-order valence-corrected chi connectivity index (χ2v) is 6.57. The molecule has 0 saturated heterocycles. The number of hydrogen-bond donors (Lipinski definition) is 1. The van der Waals surface area contributed by atoms with Gasteiger partial charge in [0.2, 0.25) is 0 Å². The molecule has 19 heavy (non-hydrogen) atoms. The Balaban J connectivity index is 0.00000133. The molecule has 2 nitrogen and oxygen atoms in total. The summed E-state index contributed by atoms with van der Waals surface area (Å²) in [4.78, 5) is 4.83. The van der Waals surface area contributed by atoms with Crippen molar-refractivity contribution in [3.63, 3.8) is 0 Å². The van der Waals surface area contributed by atoms with Gasteiger partial charge in [-0.1, -0.05) is 22.4 Å². The second kappa shape index (κ2) is 5.98. The average molecular weight is 407 g/mol. The Hall–Kier alpha value is -0.320. The van der Waals surface area contributed by atoms with Crippen molar-refractivity contribution in [2.24, 2.45) is 0 Å². The fraction of sp³-hybridized carbons (Fsp3) is 0.357. The Morgan fingerprint density at radius 1 is 1.05 bits per heavy atom. The lowest BCUT2D eigenvalue weighted by molar-refractivity contribution is 0.709. The van der Waals surface area contributed by atoms with Gasteiger partial charge in [-0.2, -0.15) is 0 Å². The molecule has 0 unspecified atom stereocenters. The van der Waals surface area contributed by atoms with Crippen LogP contribution in [0.25, 0.3) is 10.9 Å². The van der Waals surface area contributed by atoms with Crippen molar-refractivity contribution in [2.45, 2.75) is 32.1 Å². The Labute approximate surface area is 135 Å². The number of aryl methyl sites for hydroxylation is 1. The molecular weight excluding hydrogens is 391 g/mol. The van der Waals surface area contributed by atoms with Crippen molar-refractivity contribution in [1.29, 1.82) is 0 Å². The first kappa shape index (κ1) is 15.1. The van der Waals surface area contributed by atoms with Crippen LogP contribution in [0.1, 0.15) is 30.5 Å². The summed E-state index contributed by atoms with van der Waals surface area (Å²) in [6.45, 7) is 0. The number of halogens is 3. The number of rotatable bonds is 0. The van der Waals surface area contributed by atoms with Gasteiger partial charge in [0.25, 0.3) is 0 Å². The van der Waals surface area contributed by atoms with Gasteiger partial charge in [-0.3, -0.25) is 4.98 Å². The zero-order chi connectivity index (χ0) is 12.7. The number of hydrogen-bond acceptors (Lipinski definition) is 2. The van der Waals surface area contributed by atoms with Gasteiger partial charge in [0, 0.05) is 25.7 Å². The van der Waals surface area contributed by atoms with E-state index in [4.69, 9.17) is 10.7 Å². The molecule has 0 saturated carbocycles. The minimum absolute atomic E-state index is 0. The summed E-state index contributed by atoms with van der Waals surface area (Å²) in [7, 11) is 0. The molecule has 1 aromatic heterocycles. The van der Waals surface area contributed by atoms with Gasteiger partial charge < -0.3 is 5.73 Å². The largest absolute Gasteiger partial charge is 0.398 e. The van der Waals surface area contributed by atoms with Crippen LogP contribution in [0.3, 0.4) is 0 Å². The van der Waals surface area contributed by atoms with E-state index < -0.39 is 0 Å². The maximum Gasteiger partial charge on any atom is 0.0868 e. The summed E-state index contributed by atoms with van der Waals surface area (Å²) < 4.78 is 2.04. The summed E-state index contributed by atoms with van der Waals surface area (Å²) in [5.41, 5.74) is 10.7. The van der Waals surface area contributed by atoms with Gasteiger partial charge >= 0.3 is 0 Å². The summed E-state index contributed by atoms with van der Waals surface area (Å²) in [5, 5.41) is 1.05. The third-order valence-corrected chi connectivity index (χ3v) is 4.64. The SMILES string of the molecule is Cl.Nc1c2c(nc3c(Br)cc(Br)cc13)CCCCC2. The molecule has 0 atom stereocenters. The first-order chi connectivity index (χ1) is 8.66. The topological polar surface area (TPSA) is 38.9 Å². The normalized spacial score (nSPS) is 14.6. The Bertz CT molecular complexity index is 629. The van der Waals surface area contributed by atoms with Crippen molar-refractivity contribution in [2.75, 3.05) is 5.73 Å². The van der Waals surface area contributed by atoms with Gasteiger partial charge in [-0.05, 0) is 59.3 Å². The molecule has 1 aliphatic carbocycles. The molecule has 2 N–H and O–H groups in total. The zero-order valence-electron chi connectivity index (χ0n) is 10.4. The van der Waals surface area contributed by atoms with Crippen LogP contribution < -0.4 is 5.73 Å². The van der Waals surface area contributed by atoms with E-state index in [0.29, 0.717) is 0 Å². The molecule has 3 rings (SSSR count). The lowest BCUT2D eigenvalue weighted by Gasteiger charge is -2.13. The number of nitrogens with two attached hydrogens (primary N) is 1. The molecule has 1 aromatic carbocycles. The van der Waals surface area contributed by atoms with Crippen LogP contribution in [0.4, 0.5) is 5.69 Å². The number of fused-ring (bicyclic) bond motifs is 2. The molecule has 0 spiro atoms. The monoisotopic (exact) mass is 404 g/mol. The van der Waals surface area contributed by atoms with Crippen LogP contribution in [0, 0.1) is 0 Å². The van der Waals surface area contributed by atoms with E-state index >= 15 is 0 Å². The van der Waals surface area contributed by atoms with Gasteiger partial charge in [-0.15, -0.1) is 12.4 Å². The molecule has 102 valence electrons. The highest BCUT2D eigenvalue weighted by atomic mass is 79.9. The third kappa shape index (κ3) is 2.76. The van der Waals surface area contributed by atoms with Crippen LogP contribution in [-0.4, -0.2) is 4.98 Å². The lowest BCUT2D eigenvalue weighted by Crippen LogP contribution is -2.03. The minimum Gasteiger partial charge on any atom is -0.398 e. The van der Waals surface area contributed by atoms with Crippen molar-refractivity contribution >= 4 is 60.9 Å². The number of nitrogens with zero attached hydrogens (tertiary/aromatic N) is 1. The fourth-order valence-corrected chi connectivity index (χ4v) is 3.98. The van der Waals surface area contributed by atoms with E-state index in [1.165, 1.54) is 30.5 Å². The Morgan fingerprint density at radius 2 is 1.79 bits per heavy atom. The number of pyridine rings is 1. The molecular formula is C14H15Br2ClN2. The van der Waals surface area contributed by atoms with Gasteiger partial charge in [0.15, 0.2) is 0 Å². The molecule has 2 aromatic rings. The van der Waals surface area contributed by atoms with Gasteiger partial charge in [-0.25, -0.2) is 0 Å². The summed E-state index contributed by atoms with van der Waals surface area (Å²) in [6, 6.07) is 4.09.